The van der Waals surface area contributed by atoms with Gasteiger partial charge in [-0.15, -0.1) is 0 Å². The molecule has 2 aliphatic rings. The van der Waals surface area contributed by atoms with E-state index in [9.17, 15) is 14.4 Å². The lowest BCUT2D eigenvalue weighted by Crippen LogP contribution is -2.40. The van der Waals surface area contributed by atoms with Crippen LogP contribution in [0.3, 0.4) is 0 Å². The molecule has 1 aliphatic heterocycles. The van der Waals surface area contributed by atoms with Gasteiger partial charge in [0.2, 0.25) is 0 Å². The first kappa shape index (κ1) is 19.0. The van der Waals surface area contributed by atoms with E-state index < -0.39 is 5.91 Å². The van der Waals surface area contributed by atoms with Crippen molar-refractivity contribution in [3.05, 3.63) is 53.5 Å². The van der Waals surface area contributed by atoms with Crippen LogP contribution in [-0.2, 0) is 11.3 Å². The molecule has 1 saturated carbocycles. The van der Waals surface area contributed by atoms with Crippen LogP contribution in [0.5, 0.6) is 5.75 Å². The Morgan fingerprint density at radius 1 is 1.19 bits per heavy atom. The quantitative estimate of drug-likeness (QED) is 0.571. The van der Waals surface area contributed by atoms with E-state index in [0.717, 1.165) is 24.8 Å². The van der Waals surface area contributed by atoms with Crippen molar-refractivity contribution in [2.45, 2.75) is 31.8 Å². The van der Waals surface area contributed by atoms with Gasteiger partial charge in [0.15, 0.2) is 12.3 Å². The minimum atomic E-state index is -0.417. The Labute approximate surface area is 177 Å². The van der Waals surface area contributed by atoms with Gasteiger partial charge in [-0.2, -0.15) is 5.10 Å². The molecule has 10 heteroatoms. The normalized spacial score (nSPS) is 15.4. The van der Waals surface area contributed by atoms with Crippen molar-refractivity contribution in [3.8, 4) is 5.75 Å². The number of carbonyl (C=O) groups excluding carboxylic acids is 3. The van der Waals surface area contributed by atoms with E-state index >= 15 is 0 Å². The lowest BCUT2D eigenvalue weighted by molar-refractivity contribution is -0.118. The average molecular weight is 420 g/mol. The number of nitrogens with one attached hydrogen (secondary N) is 3. The number of benzene rings is 1. The molecule has 0 bridgehead atoms. The summed E-state index contributed by atoms with van der Waals surface area (Å²) in [6.45, 7) is 0.209. The molecular weight excluding hydrogens is 400 g/mol. The van der Waals surface area contributed by atoms with E-state index in [0.29, 0.717) is 17.1 Å². The number of carbonyl (C=O) groups is 3. The van der Waals surface area contributed by atoms with E-state index in [-0.39, 0.29) is 42.4 Å². The predicted octanol–water partition coefficient (Wildman–Crippen LogP) is 1.27. The Kier molecular flexibility index (Phi) is 4.73. The zero-order valence-electron chi connectivity index (χ0n) is 16.6. The summed E-state index contributed by atoms with van der Waals surface area (Å²) >= 11 is 0. The van der Waals surface area contributed by atoms with Gasteiger partial charge < -0.3 is 20.7 Å². The van der Waals surface area contributed by atoms with Crippen LogP contribution in [0.2, 0.25) is 0 Å². The molecule has 10 nitrogen and oxygen atoms in total. The Bertz CT molecular complexity index is 1200. The molecule has 3 aromatic rings. The Balaban J connectivity index is 1.33. The number of nitrogens with zero attached hydrogens (tertiary/aromatic N) is 3. The Morgan fingerprint density at radius 3 is 2.87 bits per heavy atom. The van der Waals surface area contributed by atoms with Crippen LogP contribution in [0.25, 0.3) is 5.65 Å². The fourth-order valence-corrected chi connectivity index (χ4v) is 3.52. The minimum absolute atomic E-state index is 0.0114. The van der Waals surface area contributed by atoms with Crippen LogP contribution in [0, 0.1) is 0 Å². The van der Waals surface area contributed by atoms with Crippen molar-refractivity contribution in [3.63, 3.8) is 0 Å². The number of amides is 3. The average Bonchev–Trinajstić information content (AvgIpc) is 3.22. The molecule has 3 amide bonds. The molecule has 1 fully saturated rings. The topological polar surface area (TPSA) is 127 Å². The molecule has 0 spiro atoms. The Morgan fingerprint density at radius 2 is 2.06 bits per heavy atom. The maximum atomic E-state index is 12.8. The van der Waals surface area contributed by atoms with Crippen LogP contribution >= 0.6 is 0 Å². The van der Waals surface area contributed by atoms with Gasteiger partial charge in [-0.05, 0) is 37.0 Å². The van der Waals surface area contributed by atoms with Crippen molar-refractivity contribution in [2.75, 3.05) is 11.9 Å². The molecule has 158 valence electrons. The van der Waals surface area contributed by atoms with Crippen LogP contribution in [0.4, 0.5) is 5.69 Å². The highest BCUT2D eigenvalue weighted by Gasteiger charge is 2.23. The summed E-state index contributed by atoms with van der Waals surface area (Å²) in [5.74, 6) is -0.330. The monoisotopic (exact) mass is 420 g/mol. The second-order valence-corrected chi connectivity index (χ2v) is 7.58. The van der Waals surface area contributed by atoms with Crippen molar-refractivity contribution in [1.29, 1.82) is 0 Å². The van der Waals surface area contributed by atoms with Gasteiger partial charge in [0.05, 0.1) is 11.9 Å². The molecule has 31 heavy (non-hydrogen) atoms. The Hall–Kier alpha value is -3.95. The highest BCUT2D eigenvalue weighted by Crippen LogP contribution is 2.28. The summed E-state index contributed by atoms with van der Waals surface area (Å²) in [5, 5.41) is 12.7. The lowest BCUT2D eigenvalue weighted by atomic mass is 9.93. The second kappa shape index (κ2) is 7.71. The first-order valence-corrected chi connectivity index (χ1v) is 10.1. The third kappa shape index (κ3) is 3.79. The molecule has 3 heterocycles. The van der Waals surface area contributed by atoms with Crippen molar-refractivity contribution >= 4 is 29.1 Å². The molecule has 0 unspecified atom stereocenters. The van der Waals surface area contributed by atoms with Crippen molar-refractivity contribution in [2.24, 2.45) is 0 Å². The van der Waals surface area contributed by atoms with Gasteiger partial charge in [0.25, 0.3) is 17.7 Å². The lowest BCUT2D eigenvalue weighted by Gasteiger charge is -2.26. The molecule has 3 N–H and O–H groups in total. The minimum Gasteiger partial charge on any atom is -0.482 e. The van der Waals surface area contributed by atoms with Gasteiger partial charge >= 0.3 is 0 Å². The highest BCUT2D eigenvalue weighted by atomic mass is 16.5. The van der Waals surface area contributed by atoms with E-state index in [1.165, 1.54) is 16.8 Å². The van der Waals surface area contributed by atoms with Gasteiger partial charge in [-0.25, -0.2) is 9.50 Å². The zero-order valence-corrected chi connectivity index (χ0v) is 16.6. The summed E-state index contributed by atoms with van der Waals surface area (Å²) in [5.41, 5.74) is 2.16. The van der Waals surface area contributed by atoms with Crippen LogP contribution in [-0.4, -0.2) is 45.0 Å². The van der Waals surface area contributed by atoms with Crippen LogP contribution in [0.1, 0.15) is 45.8 Å². The maximum absolute atomic E-state index is 12.8. The molecule has 1 aliphatic carbocycles. The zero-order chi connectivity index (χ0) is 21.4. The number of anilines is 1. The standard InChI is InChI=1S/C21H20N6O4/c28-19-11-31-17-5-4-12(8-14(17)26-19)10-22-20(29)15-9-16(21(30)24-13-2-1-3-13)27-18(25-15)6-7-23-27/h4-9,13H,1-3,10-11H2,(H,22,29)(H,24,30)(H,26,28). The molecular formula is C21H20N6O4. The van der Waals surface area contributed by atoms with E-state index in [2.05, 4.69) is 26.0 Å². The summed E-state index contributed by atoms with van der Waals surface area (Å²) in [4.78, 5) is 41.3. The highest BCUT2D eigenvalue weighted by molar-refractivity contribution is 5.98. The number of ether oxygens (including phenoxy) is 1. The number of hydrogen-bond acceptors (Lipinski definition) is 6. The van der Waals surface area contributed by atoms with Crippen molar-refractivity contribution in [1.82, 2.24) is 25.2 Å². The van der Waals surface area contributed by atoms with E-state index in [1.807, 2.05) is 6.07 Å². The summed E-state index contributed by atoms with van der Waals surface area (Å²) in [7, 11) is 0. The van der Waals surface area contributed by atoms with Gasteiger partial charge in [0.1, 0.15) is 17.1 Å². The van der Waals surface area contributed by atoms with Crippen molar-refractivity contribution < 1.29 is 19.1 Å². The summed E-state index contributed by atoms with van der Waals surface area (Å²) < 4.78 is 6.77. The molecule has 0 radical (unpaired) electrons. The second-order valence-electron chi connectivity index (χ2n) is 7.58. The molecule has 1 aromatic carbocycles. The summed E-state index contributed by atoms with van der Waals surface area (Å²) in [6, 6.07) is 8.56. The molecule has 0 saturated heterocycles. The number of fused-ring (bicyclic) bond motifs is 2. The van der Waals surface area contributed by atoms with Gasteiger partial charge in [0, 0.05) is 24.7 Å². The SMILES string of the molecule is O=C1COc2ccc(CNC(=O)c3cc(C(=O)NC4CCC4)n4nccc4n3)cc2N1. The summed E-state index contributed by atoms with van der Waals surface area (Å²) in [6.07, 6.45) is 4.55. The first-order chi connectivity index (χ1) is 15.1. The number of hydrogen-bond donors (Lipinski definition) is 3. The number of rotatable bonds is 5. The van der Waals surface area contributed by atoms with Crippen LogP contribution in [0.15, 0.2) is 36.5 Å². The van der Waals surface area contributed by atoms with Gasteiger partial charge in [-0.1, -0.05) is 6.07 Å². The van der Waals surface area contributed by atoms with Crippen LogP contribution < -0.4 is 20.7 Å². The maximum Gasteiger partial charge on any atom is 0.270 e. The number of aromatic nitrogens is 3. The van der Waals surface area contributed by atoms with E-state index in [1.54, 1.807) is 18.2 Å². The smallest absolute Gasteiger partial charge is 0.270 e. The fourth-order valence-electron chi connectivity index (χ4n) is 3.52. The van der Waals surface area contributed by atoms with Gasteiger partial charge in [-0.3, -0.25) is 14.4 Å². The fraction of sp³-hybridized carbons (Fsp3) is 0.286. The molecule has 5 rings (SSSR count). The molecule has 0 atom stereocenters. The predicted molar refractivity (Wildman–Crippen MR) is 110 cm³/mol. The third-order valence-electron chi connectivity index (χ3n) is 5.39. The molecule has 2 aromatic heterocycles. The third-order valence-corrected chi connectivity index (χ3v) is 5.39. The van der Waals surface area contributed by atoms with E-state index in [4.69, 9.17) is 4.74 Å². The largest absolute Gasteiger partial charge is 0.482 e. The first-order valence-electron chi connectivity index (χ1n) is 10.1.